The number of para-hydroxylation sites is 2. The quantitative estimate of drug-likeness (QED) is 0.380. The number of azide groups is 1. The zero-order valence-corrected chi connectivity index (χ0v) is 11.2. The molecule has 0 saturated carbocycles. The van der Waals surface area contributed by atoms with Crippen molar-refractivity contribution < 1.29 is 18.8 Å². The van der Waals surface area contributed by atoms with Gasteiger partial charge in [-0.3, -0.25) is 0 Å². The molecule has 0 spiro atoms. The topological polar surface area (TPSA) is 108 Å². The predicted octanol–water partition coefficient (Wildman–Crippen LogP) is 3.57. The summed E-state index contributed by atoms with van der Waals surface area (Å²) >= 11 is 0. The van der Waals surface area contributed by atoms with Crippen LogP contribution in [0.1, 0.15) is 0 Å². The average Bonchev–Trinajstić information content (AvgIpc) is 2.40. The van der Waals surface area contributed by atoms with Crippen molar-refractivity contribution in [3.05, 3.63) is 71.1 Å². The van der Waals surface area contributed by atoms with Crippen molar-refractivity contribution in [3.8, 4) is 11.5 Å². The molecule has 0 saturated heterocycles. The van der Waals surface area contributed by atoms with Crippen LogP contribution in [0.25, 0.3) is 10.4 Å². The summed E-state index contributed by atoms with van der Waals surface area (Å²) in [5.41, 5.74) is 8.53. The molecule has 0 atom stereocenters. The van der Waals surface area contributed by atoms with Gasteiger partial charge in [0.2, 0.25) is 0 Å². The second-order valence-electron chi connectivity index (χ2n) is 3.82. The third-order valence-corrected chi connectivity index (χ3v) is 3.66. The molecule has 0 aliphatic rings. The molecule has 0 amide bonds. The molecule has 0 aliphatic heterocycles. The van der Waals surface area contributed by atoms with Crippen molar-refractivity contribution in [1.29, 1.82) is 0 Å². The molecule has 0 radical (unpaired) electrons. The van der Waals surface area contributed by atoms with Gasteiger partial charge < -0.3 is 0 Å². The van der Waals surface area contributed by atoms with Crippen LogP contribution >= 0.6 is 7.66 Å². The Morgan fingerprint density at radius 1 is 0.850 bits per heavy atom. The standard InChI is InChI=1S/C12H12N3O4P/c13-14-15-20(16,17,18-11-7-3-1-4-8-11)19-12-9-5-2-6-10-12/h1-10,16-17H. The Labute approximate surface area is 115 Å². The predicted molar refractivity (Wildman–Crippen MR) is 74.6 cm³/mol. The van der Waals surface area contributed by atoms with Crippen LogP contribution in [0.15, 0.2) is 65.5 Å². The van der Waals surface area contributed by atoms with Crippen LogP contribution in [-0.4, -0.2) is 9.79 Å². The molecule has 8 heteroatoms. The van der Waals surface area contributed by atoms with Crippen LogP contribution in [0.5, 0.6) is 11.5 Å². The van der Waals surface area contributed by atoms with E-state index in [-0.39, 0.29) is 11.5 Å². The number of hydrogen-bond donors (Lipinski definition) is 2. The third-order valence-electron chi connectivity index (χ3n) is 2.21. The summed E-state index contributed by atoms with van der Waals surface area (Å²) in [6.45, 7) is 0. The first-order chi connectivity index (χ1) is 9.50. The van der Waals surface area contributed by atoms with Crippen LogP contribution < -0.4 is 9.05 Å². The first-order valence-corrected chi connectivity index (χ1v) is 7.53. The van der Waals surface area contributed by atoms with Gasteiger partial charge in [0.1, 0.15) is 0 Å². The van der Waals surface area contributed by atoms with E-state index in [2.05, 4.69) is 9.80 Å². The maximum absolute atomic E-state index is 10.2. The number of hydrogen-bond acceptors (Lipinski definition) is 5. The fourth-order valence-electron chi connectivity index (χ4n) is 1.46. The molecular weight excluding hydrogens is 281 g/mol. The molecule has 2 rings (SSSR count). The SMILES string of the molecule is [N-]=[N+]=NP(O)(O)(Oc1ccccc1)Oc1ccccc1. The van der Waals surface area contributed by atoms with Gasteiger partial charge in [-0.1, -0.05) is 0 Å². The second-order valence-corrected chi connectivity index (χ2v) is 6.03. The maximum atomic E-state index is 10.2. The fraction of sp³-hybridized carbons (Fsp3) is 0. The fourth-order valence-corrected chi connectivity index (χ4v) is 2.68. The number of nitrogens with zero attached hydrogens (tertiary/aromatic N) is 3. The van der Waals surface area contributed by atoms with Gasteiger partial charge in [0, 0.05) is 0 Å². The Balaban J connectivity index is 2.34. The van der Waals surface area contributed by atoms with E-state index in [1.807, 2.05) is 0 Å². The molecule has 7 nitrogen and oxygen atoms in total. The van der Waals surface area contributed by atoms with Crippen LogP contribution in [-0.2, 0) is 0 Å². The summed E-state index contributed by atoms with van der Waals surface area (Å²) < 4.78 is 10.1. The Kier molecular flexibility index (Phi) is 3.79. The first-order valence-electron chi connectivity index (χ1n) is 5.59. The molecule has 0 aromatic heterocycles. The zero-order chi connectivity index (χ0) is 14.5. The van der Waals surface area contributed by atoms with E-state index in [0.717, 1.165) is 0 Å². The van der Waals surface area contributed by atoms with E-state index < -0.39 is 7.66 Å². The summed E-state index contributed by atoms with van der Waals surface area (Å²) in [6.07, 6.45) is 0. The zero-order valence-electron chi connectivity index (χ0n) is 10.3. The van der Waals surface area contributed by atoms with Crippen LogP contribution in [0.2, 0.25) is 0 Å². The van der Waals surface area contributed by atoms with Crippen molar-refractivity contribution in [3.63, 3.8) is 0 Å². The van der Waals surface area contributed by atoms with Crippen LogP contribution in [0, 0.1) is 0 Å². The van der Waals surface area contributed by atoms with Gasteiger partial charge in [-0.15, -0.1) is 0 Å². The van der Waals surface area contributed by atoms with E-state index >= 15 is 0 Å². The Hall–Kier alpha value is -2.30. The summed E-state index contributed by atoms with van der Waals surface area (Å²) in [6, 6.07) is 15.9. The minimum absolute atomic E-state index is 0.110. The van der Waals surface area contributed by atoms with Crippen molar-refractivity contribution in [2.75, 3.05) is 0 Å². The monoisotopic (exact) mass is 293 g/mol. The van der Waals surface area contributed by atoms with Gasteiger partial charge in [-0.2, -0.15) is 0 Å². The molecule has 2 aromatic carbocycles. The summed E-state index contributed by atoms with van der Waals surface area (Å²) in [5, 5.41) is 0. The minimum atomic E-state index is -5.50. The molecule has 0 aliphatic carbocycles. The Morgan fingerprint density at radius 2 is 1.25 bits per heavy atom. The molecule has 0 fully saturated rings. The molecule has 2 N–H and O–H groups in total. The molecule has 20 heavy (non-hydrogen) atoms. The van der Waals surface area contributed by atoms with Crippen molar-refractivity contribution in [2.45, 2.75) is 0 Å². The summed E-state index contributed by atoms with van der Waals surface area (Å²) in [7, 11) is -5.50. The van der Waals surface area contributed by atoms with E-state index in [1.54, 1.807) is 36.4 Å². The average molecular weight is 293 g/mol. The molecule has 2 aromatic rings. The van der Waals surface area contributed by atoms with Crippen molar-refractivity contribution in [1.82, 2.24) is 0 Å². The molecule has 0 unspecified atom stereocenters. The molecule has 104 valence electrons. The summed E-state index contributed by atoms with van der Waals surface area (Å²) in [5.74, 6) is 0.219. The number of rotatable bonds is 5. The van der Waals surface area contributed by atoms with Gasteiger partial charge in [-0.05, 0) is 0 Å². The van der Waals surface area contributed by atoms with E-state index in [4.69, 9.17) is 14.6 Å². The van der Waals surface area contributed by atoms with Gasteiger partial charge in [-0.25, -0.2) is 0 Å². The third kappa shape index (κ3) is 3.60. The van der Waals surface area contributed by atoms with Gasteiger partial charge >= 0.3 is 114 Å². The van der Waals surface area contributed by atoms with Crippen molar-refractivity contribution in [2.24, 2.45) is 4.88 Å². The van der Waals surface area contributed by atoms with Crippen LogP contribution in [0.4, 0.5) is 0 Å². The molecule has 0 bridgehead atoms. The summed E-state index contributed by atoms with van der Waals surface area (Å²) in [4.78, 5) is 25.8. The second kappa shape index (κ2) is 5.36. The number of benzene rings is 2. The van der Waals surface area contributed by atoms with Gasteiger partial charge in [0.25, 0.3) is 0 Å². The van der Waals surface area contributed by atoms with Gasteiger partial charge in [0.15, 0.2) is 0 Å². The van der Waals surface area contributed by atoms with Gasteiger partial charge in [0.05, 0.1) is 0 Å². The van der Waals surface area contributed by atoms with Crippen LogP contribution in [0.3, 0.4) is 0 Å². The Bertz CT molecular complexity index is 584. The first kappa shape index (κ1) is 14.1. The molecular formula is C12H12N3O4P. The normalized spacial score (nSPS) is 12.6. The van der Waals surface area contributed by atoms with E-state index in [1.165, 1.54) is 24.3 Å². The van der Waals surface area contributed by atoms with E-state index in [0.29, 0.717) is 0 Å². The molecule has 0 heterocycles. The van der Waals surface area contributed by atoms with E-state index in [9.17, 15) is 9.79 Å². The van der Waals surface area contributed by atoms with Crippen molar-refractivity contribution >= 4 is 7.66 Å². The Morgan fingerprint density at radius 3 is 1.60 bits per heavy atom.